The molecule has 0 unspecified atom stereocenters. The van der Waals surface area contributed by atoms with Gasteiger partial charge in [0.15, 0.2) is 0 Å². The van der Waals surface area contributed by atoms with Gasteiger partial charge >= 0.3 is 0 Å². The molecule has 1 heteroatoms. The summed E-state index contributed by atoms with van der Waals surface area (Å²) in [6.45, 7) is 7.02. The van der Waals surface area contributed by atoms with E-state index in [4.69, 9.17) is 0 Å². The zero-order valence-corrected chi connectivity index (χ0v) is 7.39. The van der Waals surface area contributed by atoms with E-state index in [-0.39, 0.29) is 0 Å². The molecule has 0 aliphatic carbocycles. The Labute approximate surface area is 58.3 Å². The summed E-state index contributed by atoms with van der Waals surface area (Å²) in [5.74, 6) is 0. The van der Waals surface area contributed by atoms with E-state index >= 15 is 0 Å². The molecule has 0 fully saturated rings. The van der Waals surface area contributed by atoms with Crippen LogP contribution in [-0.2, 0) is 0 Å². The maximum atomic E-state index is 2.40. The van der Waals surface area contributed by atoms with Gasteiger partial charge in [-0.2, -0.15) is 0 Å². The predicted octanol–water partition coefficient (Wildman–Crippen LogP) is 2.68. The Morgan fingerprint density at radius 3 is 1.78 bits per heavy atom. The molecule has 0 amide bonds. The second-order valence-corrected chi connectivity index (χ2v) is 7.79. The summed E-state index contributed by atoms with van der Waals surface area (Å²) >= 11 is 0. The molecule has 0 aromatic heterocycles. The van der Waals surface area contributed by atoms with Crippen molar-refractivity contribution in [2.75, 3.05) is 0 Å². The lowest BCUT2D eigenvalue weighted by atomic mass is 10.6. The van der Waals surface area contributed by atoms with E-state index in [0.29, 0.717) is 0 Å². The highest BCUT2D eigenvalue weighted by atomic mass is 28.3. The number of allylic oxidation sites excluding steroid dienone is 2. The normalized spacial score (nSPS) is 21.8. The lowest BCUT2D eigenvalue weighted by molar-refractivity contribution is 1.03. The molecule has 0 spiro atoms. The number of rotatable bonds is 1. The average Bonchev–Trinajstić information content (AvgIpc) is 2.16. The first-order valence-corrected chi connectivity index (χ1v) is 6.25. The fourth-order valence-corrected chi connectivity index (χ4v) is 2.90. The molecule has 1 rings (SSSR count). The number of hydrogen-bond acceptors (Lipinski definition) is 0. The lowest BCUT2D eigenvalue weighted by Gasteiger charge is -2.20. The SMILES string of the molecule is CC(C)[Si]1(C)C=CC=C1. The molecule has 1 aliphatic heterocycles. The molecule has 9 heavy (non-hydrogen) atoms. The molecule has 0 saturated heterocycles. The second kappa shape index (κ2) is 2.14. The van der Waals surface area contributed by atoms with Crippen molar-refractivity contribution in [1.82, 2.24) is 0 Å². The van der Waals surface area contributed by atoms with E-state index in [9.17, 15) is 0 Å². The molecule has 0 aromatic carbocycles. The van der Waals surface area contributed by atoms with Crippen molar-refractivity contribution in [1.29, 1.82) is 0 Å². The van der Waals surface area contributed by atoms with Crippen molar-refractivity contribution in [2.24, 2.45) is 0 Å². The van der Waals surface area contributed by atoms with Gasteiger partial charge < -0.3 is 0 Å². The topological polar surface area (TPSA) is 0 Å². The van der Waals surface area contributed by atoms with Crippen LogP contribution in [0.3, 0.4) is 0 Å². The zero-order chi connectivity index (χ0) is 6.91. The monoisotopic (exact) mass is 138 g/mol. The van der Waals surface area contributed by atoms with Crippen molar-refractivity contribution >= 4 is 8.07 Å². The van der Waals surface area contributed by atoms with Gasteiger partial charge in [-0.15, -0.1) is 0 Å². The van der Waals surface area contributed by atoms with Crippen LogP contribution >= 0.6 is 0 Å². The van der Waals surface area contributed by atoms with Crippen LogP contribution in [0.2, 0.25) is 12.1 Å². The summed E-state index contributed by atoms with van der Waals surface area (Å²) < 4.78 is 0. The van der Waals surface area contributed by atoms with E-state index in [1.54, 1.807) is 0 Å². The van der Waals surface area contributed by atoms with Gasteiger partial charge in [-0.1, -0.05) is 43.9 Å². The smallest absolute Gasteiger partial charge is 0.0904 e. The van der Waals surface area contributed by atoms with Gasteiger partial charge in [0, 0.05) is 0 Å². The molecular formula is C8H14Si. The van der Waals surface area contributed by atoms with E-state index < -0.39 is 8.07 Å². The largest absolute Gasteiger partial charge is 0.101 e. The molecule has 0 N–H and O–H groups in total. The summed E-state index contributed by atoms with van der Waals surface area (Å²) in [5.41, 5.74) is 5.66. The third-order valence-electron chi connectivity index (χ3n) is 2.27. The molecule has 1 aliphatic rings. The van der Waals surface area contributed by atoms with Gasteiger partial charge in [-0.3, -0.25) is 0 Å². The molecule has 0 aromatic rings. The van der Waals surface area contributed by atoms with Crippen LogP contribution < -0.4 is 0 Å². The maximum Gasteiger partial charge on any atom is 0.101 e. The predicted molar refractivity (Wildman–Crippen MR) is 45.0 cm³/mol. The summed E-state index contributed by atoms with van der Waals surface area (Å²) in [5, 5.41) is 0. The minimum absolute atomic E-state index is 0.854. The Balaban J connectivity index is 2.75. The quantitative estimate of drug-likeness (QED) is 0.489. The van der Waals surface area contributed by atoms with E-state index in [0.717, 1.165) is 5.54 Å². The maximum absolute atomic E-state index is 2.40. The lowest BCUT2D eigenvalue weighted by Crippen LogP contribution is -2.27. The summed E-state index contributed by atoms with van der Waals surface area (Å²) in [7, 11) is -1.02. The van der Waals surface area contributed by atoms with Gasteiger partial charge in [0.1, 0.15) is 8.07 Å². The highest BCUT2D eigenvalue weighted by Gasteiger charge is 2.25. The molecule has 50 valence electrons. The van der Waals surface area contributed by atoms with Crippen LogP contribution in [0.5, 0.6) is 0 Å². The van der Waals surface area contributed by atoms with Crippen molar-refractivity contribution < 1.29 is 0 Å². The van der Waals surface area contributed by atoms with Crippen molar-refractivity contribution in [2.45, 2.75) is 25.9 Å². The second-order valence-electron chi connectivity index (χ2n) is 3.24. The molecule has 0 atom stereocenters. The Kier molecular flexibility index (Phi) is 1.62. The molecule has 0 nitrogen and oxygen atoms in total. The van der Waals surface area contributed by atoms with Crippen molar-refractivity contribution in [3.05, 3.63) is 23.6 Å². The van der Waals surface area contributed by atoms with Crippen LogP contribution in [0.15, 0.2) is 23.6 Å². The third kappa shape index (κ3) is 1.16. The fraction of sp³-hybridized carbons (Fsp3) is 0.500. The Morgan fingerprint density at radius 2 is 1.56 bits per heavy atom. The van der Waals surface area contributed by atoms with E-state index in [1.165, 1.54) is 0 Å². The van der Waals surface area contributed by atoms with Gasteiger partial charge in [0.25, 0.3) is 0 Å². The first-order valence-electron chi connectivity index (χ1n) is 3.52. The van der Waals surface area contributed by atoms with Gasteiger partial charge in [0.2, 0.25) is 0 Å². The van der Waals surface area contributed by atoms with Gasteiger partial charge in [-0.05, 0) is 5.54 Å². The van der Waals surface area contributed by atoms with E-state index in [1.807, 2.05) is 0 Å². The third-order valence-corrected chi connectivity index (χ3v) is 6.58. The van der Waals surface area contributed by atoms with Crippen LogP contribution in [0.1, 0.15) is 13.8 Å². The zero-order valence-electron chi connectivity index (χ0n) is 6.39. The summed E-state index contributed by atoms with van der Waals surface area (Å²) in [4.78, 5) is 0. The van der Waals surface area contributed by atoms with Crippen LogP contribution in [-0.4, -0.2) is 8.07 Å². The number of hydrogen-bond donors (Lipinski definition) is 0. The van der Waals surface area contributed by atoms with Crippen molar-refractivity contribution in [3.63, 3.8) is 0 Å². The minimum atomic E-state index is -1.02. The molecule has 0 saturated carbocycles. The molecule has 1 heterocycles. The molecule has 0 radical (unpaired) electrons. The van der Waals surface area contributed by atoms with Crippen LogP contribution in [0.25, 0.3) is 0 Å². The van der Waals surface area contributed by atoms with Crippen molar-refractivity contribution in [3.8, 4) is 0 Å². The standard InChI is InChI=1S/C8H14Si/c1-8(2)9(3)6-4-5-7-9/h4-8H,1-3H3. The Hall–Kier alpha value is -0.303. The van der Waals surface area contributed by atoms with Crippen LogP contribution in [0, 0.1) is 0 Å². The fourth-order valence-electron chi connectivity index (χ4n) is 0.966. The minimum Gasteiger partial charge on any atom is -0.0904 e. The first-order chi connectivity index (χ1) is 4.15. The van der Waals surface area contributed by atoms with Gasteiger partial charge in [0.05, 0.1) is 0 Å². The Bertz CT molecular complexity index is 142. The Morgan fingerprint density at radius 1 is 1.11 bits per heavy atom. The summed E-state index contributed by atoms with van der Waals surface area (Å²) in [6, 6.07) is 0. The summed E-state index contributed by atoms with van der Waals surface area (Å²) in [6.07, 6.45) is 4.37. The highest BCUT2D eigenvalue weighted by molar-refractivity contribution is 6.89. The first kappa shape index (κ1) is 6.81. The highest BCUT2D eigenvalue weighted by Crippen LogP contribution is 2.26. The van der Waals surface area contributed by atoms with E-state index in [2.05, 4.69) is 43.9 Å². The average molecular weight is 138 g/mol. The van der Waals surface area contributed by atoms with Gasteiger partial charge in [-0.25, -0.2) is 0 Å². The molecular weight excluding hydrogens is 124 g/mol. The molecule has 0 bridgehead atoms. The van der Waals surface area contributed by atoms with Crippen LogP contribution in [0.4, 0.5) is 0 Å².